The summed E-state index contributed by atoms with van der Waals surface area (Å²) in [5, 5.41) is 1.76. The summed E-state index contributed by atoms with van der Waals surface area (Å²) in [4.78, 5) is 0. The Morgan fingerprint density at radius 3 is 2.80 bits per heavy atom. The van der Waals surface area contributed by atoms with Gasteiger partial charge in [-0.15, -0.1) is 11.3 Å². The van der Waals surface area contributed by atoms with E-state index in [2.05, 4.69) is 15.9 Å². The second kappa shape index (κ2) is 4.14. The van der Waals surface area contributed by atoms with Crippen LogP contribution >= 0.6 is 27.3 Å². The highest BCUT2D eigenvalue weighted by atomic mass is 79.9. The van der Waals surface area contributed by atoms with Gasteiger partial charge in [-0.1, -0.05) is 0 Å². The summed E-state index contributed by atoms with van der Waals surface area (Å²) in [6, 6.07) is 1.71. The first-order chi connectivity index (χ1) is 7.01. The zero-order chi connectivity index (χ0) is 11.1. The van der Waals surface area contributed by atoms with Crippen molar-refractivity contribution >= 4 is 37.3 Å². The van der Waals surface area contributed by atoms with Gasteiger partial charge in [0.1, 0.15) is 4.21 Å². The molecule has 0 amide bonds. The fraction of sp³-hybridized carbons (Fsp3) is 0.500. The zero-order valence-electron chi connectivity index (χ0n) is 7.89. The van der Waals surface area contributed by atoms with E-state index >= 15 is 0 Å². The average molecular weight is 311 g/mol. The predicted molar refractivity (Wildman–Crippen MR) is 63.4 cm³/mol. The Morgan fingerprint density at radius 2 is 2.33 bits per heavy atom. The molecule has 1 fully saturated rings. The number of hydrogen-bond donors (Lipinski definition) is 1. The number of halogens is 1. The van der Waals surface area contributed by atoms with Crippen molar-refractivity contribution < 1.29 is 8.42 Å². The van der Waals surface area contributed by atoms with Crippen LogP contribution in [0.25, 0.3) is 0 Å². The summed E-state index contributed by atoms with van der Waals surface area (Å²) in [5.74, 6) is 0. The monoisotopic (exact) mass is 310 g/mol. The third-order valence-electron chi connectivity index (χ3n) is 2.35. The van der Waals surface area contributed by atoms with Crippen LogP contribution < -0.4 is 5.73 Å². The van der Waals surface area contributed by atoms with E-state index in [0.29, 0.717) is 21.8 Å². The molecule has 1 saturated heterocycles. The Morgan fingerprint density at radius 1 is 1.60 bits per heavy atom. The second-order valence-electron chi connectivity index (χ2n) is 3.47. The van der Waals surface area contributed by atoms with E-state index < -0.39 is 10.0 Å². The third-order valence-corrected chi connectivity index (χ3v) is 6.86. The molecule has 1 aliphatic rings. The molecule has 84 valence electrons. The van der Waals surface area contributed by atoms with Crippen LogP contribution in [0.3, 0.4) is 0 Å². The minimum absolute atomic E-state index is 0.0292. The largest absolute Gasteiger partial charge is 0.326 e. The minimum Gasteiger partial charge on any atom is -0.326 e. The van der Waals surface area contributed by atoms with Gasteiger partial charge in [0.25, 0.3) is 10.0 Å². The van der Waals surface area contributed by atoms with Crippen LogP contribution in [0.4, 0.5) is 0 Å². The molecule has 1 aromatic rings. The Labute approximate surface area is 101 Å². The van der Waals surface area contributed by atoms with Gasteiger partial charge in [0.05, 0.1) is 0 Å². The van der Waals surface area contributed by atoms with Crippen LogP contribution in [-0.4, -0.2) is 31.9 Å². The van der Waals surface area contributed by atoms with Crippen LogP contribution in [0.2, 0.25) is 0 Å². The molecule has 0 bridgehead atoms. The summed E-state index contributed by atoms with van der Waals surface area (Å²) in [7, 11) is -3.33. The highest BCUT2D eigenvalue weighted by Crippen LogP contribution is 2.31. The molecular weight excluding hydrogens is 300 g/mol. The average Bonchev–Trinajstić information content (AvgIpc) is 2.74. The number of hydrogen-bond acceptors (Lipinski definition) is 4. The maximum atomic E-state index is 12.1. The minimum atomic E-state index is -3.33. The smallest absolute Gasteiger partial charge is 0.253 e. The van der Waals surface area contributed by atoms with Crippen LogP contribution in [-0.2, 0) is 10.0 Å². The van der Waals surface area contributed by atoms with Crippen molar-refractivity contribution in [2.24, 2.45) is 5.73 Å². The van der Waals surface area contributed by atoms with E-state index in [0.717, 1.165) is 6.42 Å². The predicted octanol–water partition coefficient (Wildman–Crippen LogP) is 1.23. The topological polar surface area (TPSA) is 63.4 Å². The molecule has 0 aliphatic carbocycles. The maximum absolute atomic E-state index is 12.1. The molecule has 2 N–H and O–H groups in total. The molecule has 0 unspecified atom stereocenters. The lowest BCUT2D eigenvalue weighted by Crippen LogP contribution is -2.31. The summed E-state index contributed by atoms with van der Waals surface area (Å²) in [5.41, 5.74) is 5.70. The number of nitrogens with two attached hydrogens (primary N) is 1. The molecule has 7 heteroatoms. The first-order valence-corrected chi connectivity index (χ1v) is 7.62. The number of thiophene rings is 1. The molecule has 0 aromatic carbocycles. The molecule has 2 heterocycles. The van der Waals surface area contributed by atoms with E-state index in [4.69, 9.17) is 5.73 Å². The van der Waals surface area contributed by atoms with E-state index in [1.54, 1.807) is 11.4 Å². The lowest BCUT2D eigenvalue weighted by Gasteiger charge is -2.14. The van der Waals surface area contributed by atoms with Gasteiger partial charge in [-0.05, 0) is 33.8 Å². The normalized spacial score (nSPS) is 23.5. The molecular formula is C8H11BrN2O2S2. The molecule has 1 aromatic heterocycles. The number of nitrogens with zero attached hydrogens (tertiary/aromatic N) is 1. The maximum Gasteiger partial charge on any atom is 0.253 e. The quantitative estimate of drug-likeness (QED) is 0.893. The second-order valence-corrected chi connectivity index (χ2v) is 7.37. The van der Waals surface area contributed by atoms with Crippen molar-refractivity contribution in [3.05, 3.63) is 15.9 Å². The number of rotatable bonds is 2. The Kier molecular flexibility index (Phi) is 3.18. The standard InChI is InChI=1S/C8H11BrN2O2S2/c9-7-2-4-14-8(7)15(12,13)11-3-1-6(10)5-11/h2,4,6H,1,3,5,10H2/t6-/m1/s1. The number of sulfonamides is 1. The first-order valence-electron chi connectivity index (χ1n) is 4.50. The summed E-state index contributed by atoms with van der Waals surface area (Å²) in [6.45, 7) is 0.945. The van der Waals surface area contributed by atoms with Crippen molar-refractivity contribution in [2.75, 3.05) is 13.1 Å². The molecule has 2 rings (SSSR count). The van der Waals surface area contributed by atoms with Gasteiger partial charge in [-0.25, -0.2) is 8.42 Å². The fourth-order valence-electron chi connectivity index (χ4n) is 1.55. The molecule has 15 heavy (non-hydrogen) atoms. The molecule has 0 saturated carbocycles. The van der Waals surface area contributed by atoms with E-state index in [1.807, 2.05) is 0 Å². The highest BCUT2D eigenvalue weighted by Gasteiger charge is 2.32. The van der Waals surface area contributed by atoms with Gasteiger partial charge < -0.3 is 5.73 Å². The summed E-state index contributed by atoms with van der Waals surface area (Å²) >= 11 is 4.46. The van der Waals surface area contributed by atoms with Crippen molar-refractivity contribution in [3.8, 4) is 0 Å². The molecule has 4 nitrogen and oxygen atoms in total. The van der Waals surface area contributed by atoms with Crippen molar-refractivity contribution in [3.63, 3.8) is 0 Å². The molecule has 0 spiro atoms. The van der Waals surface area contributed by atoms with Gasteiger partial charge in [0.2, 0.25) is 0 Å². The van der Waals surface area contributed by atoms with Crippen LogP contribution in [0.5, 0.6) is 0 Å². The van der Waals surface area contributed by atoms with Crippen molar-refractivity contribution in [1.82, 2.24) is 4.31 Å². The van der Waals surface area contributed by atoms with Gasteiger partial charge in [0, 0.05) is 23.6 Å². The Bertz CT molecular complexity index is 457. The van der Waals surface area contributed by atoms with E-state index in [-0.39, 0.29) is 6.04 Å². The lowest BCUT2D eigenvalue weighted by molar-refractivity contribution is 0.474. The van der Waals surface area contributed by atoms with Crippen LogP contribution in [0, 0.1) is 0 Å². The SMILES string of the molecule is N[C@@H]1CCN(S(=O)(=O)c2sccc2Br)C1. The fourth-order valence-corrected chi connectivity index (χ4v) is 5.51. The van der Waals surface area contributed by atoms with Gasteiger partial charge >= 0.3 is 0 Å². The first kappa shape index (κ1) is 11.5. The van der Waals surface area contributed by atoms with Gasteiger partial charge in [-0.2, -0.15) is 4.31 Å². The summed E-state index contributed by atoms with van der Waals surface area (Å²) in [6.07, 6.45) is 0.738. The van der Waals surface area contributed by atoms with Gasteiger partial charge in [0.15, 0.2) is 0 Å². The van der Waals surface area contributed by atoms with Crippen LogP contribution in [0.1, 0.15) is 6.42 Å². The van der Waals surface area contributed by atoms with Crippen molar-refractivity contribution in [2.45, 2.75) is 16.7 Å². The third kappa shape index (κ3) is 2.12. The van der Waals surface area contributed by atoms with Gasteiger partial charge in [-0.3, -0.25) is 0 Å². The zero-order valence-corrected chi connectivity index (χ0v) is 11.1. The summed E-state index contributed by atoms with van der Waals surface area (Å²) < 4.78 is 26.7. The molecule has 0 radical (unpaired) electrons. The van der Waals surface area contributed by atoms with Crippen LogP contribution in [0.15, 0.2) is 20.1 Å². The Balaban J connectivity index is 2.32. The lowest BCUT2D eigenvalue weighted by atomic mass is 10.3. The molecule has 1 aliphatic heterocycles. The van der Waals surface area contributed by atoms with E-state index in [1.165, 1.54) is 15.6 Å². The molecule has 1 atom stereocenters. The van der Waals surface area contributed by atoms with Crippen molar-refractivity contribution in [1.29, 1.82) is 0 Å². The highest BCUT2D eigenvalue weighted by molar-refractivity contribution is 9.10. The van der Waals surface area contributed by atoms with E-state index in [9.17, 15) is 8.42 Å². The Hall–Kier alpha value is 0.0500.